The number of halogens is 1. The van der Waals surface area contributed by atoms with Crippen LogP contribution in [0.4, 0.5) is 0 Å². The molecule has 3 heteroatoms. The van der Waals surface area contributed by atoms with Crippen LogP contribution in [0.2, 0.25) is 0 Å². The van der Waals surface area contributed by atoms with Gasteiger partial charge in [-0.15, -0.1) is 0 Å². The number of hydrogen-bond donors (Lipinski definition) is 0. The van der Waals surface area contributed by atoms with Gasteiger partial charge in [-0.3, -0.25) is 4.79 Å². The van der Waals surface area contributed by atoms with Crippen LogP contribution >= 0.6 is 15.9 Å². The van der Waals surface area contributed by atoms with Crippen LogP contribution in [0.3, 0.4) is 0 Å². The van der Waals surface area contributed by atoms with Crippen molar-refractivity contribution in [2.75, 3.05) is 0 Å². The van der Waals surface area contributed by atoms with Crippen molar-refractivity contribution >= 4 is 38.0 Å². The first-order valence-corrected chi connectivity index (χ1v) is 7.83. The van der Waals surface area contributed by atoms with Crippen LogP contribution in [-0.2, 0) is 0 Å². The van der Waals surface area contributed by atoms with Crippen LogP contribution in [0, 0.1) is 0 Å². The van der Waals surface area contributed by atoms with Crippen LogP contribution < -0.4 is 0 Å². The second-order valence-electron chi connectivity index (χ2n) is 5.19. The number of benzene rings is 2. The molecule has 0 saturated carbocycles. The van der Waals surface area contributed by atoms with Crippen LogP contribution in [0.5, 0.6) is 0 Å². The fourth-order valence-corrected chi connectivity index (χ4v) is 3.45. The van der Waals surface area contributed by atoms with Crippen molar-refractivity contribution in [1.29, 1.82) is 0 Å². The van der Waals surface area contributed by atoms with Gasteiger partial charge in [-0.25, -0.2) is 0 Å². The Balaban J connectivity index is 2.01. The summed E-state index contributed by atoms with van der Waals surface area (Å²) in [7, 11) is 0. The average Bonchev–Trinajstić information content (AvgIpc) is 2.92. The Kier molecular flexibility index (Phi) is 3.09. The zero-order chi connectivity index (χ0) is 15.1. The van der Waals surface area contributed by atoms with E-state index in [0.717, 1.165) is 20.8 Å². The minimum absolute atomic E-state index is 0.0246. The minimum Gasteiger partial charge on any atom is -0.312 e. The molecule has 4 rings (SSSR count). The number of pyridine rings is 1. The van der Waals surface area contributed by atoms with E-state index in [1.807, 2.05) is 65.2 Å². The lowest BCUT2D eigenvalue weighted by Crippen LogP contribution is -2.04. The Bertz CT molecular complexity index is 1000. The molecular formula is C19H12BrNO. The first-order chi connectivity index (χ1) is 10.8. The van der Waals surface area contributed by atoms with Gasteiger partial charge in [0.05, 0.1) is 11.2 Å². The molecule has 2 heterocycles. The molecule has 0 unspecified atom stereocenters. The van der Waals surface area contributed by atoms with Crippen molar-refractivity contribution in [3.63, 3.8) is 0 Å². The van der Waals surface area contributed by atoms with E-state index in [0.29, 0.717) is 11.3 Å². The van der Waals surface area contributed by atoms with E-state index in [4.69, 9.17) is 0 Å². The first-order valence-electron chi connectivity index (χ1n) is 7.04. The number of carbonyl (C=O) groups excluding carboxylic acids is 1. The molecule has 0 atom stereocenters. The van der Waals surface area contributed by atoms with Gasteiger partial charge in [0.2, 0.25) is 5.78 Å². The van der Waals surface area contributed by atoms with Gasteiger partial charge in [0.25, 0.3) is 0 Å². The maximum absolute atomic E-state index is 12.8. The Labute approximate surface area is 136 Å². The van der Waals surface area contributed by atoms with Crippen molar-refractivity contribution in [1.82, 2.24) is 4.40 Å². The van der Waals surface area contributed by atoms with Gasteiger partial charge in [-0.2, -0.15) is 0 Å². The van der Waals surface area contributed by atoms with Gasteiger partial charge < -0.3 is 4.40 Å². The van der Waals surface area contributed by atoms with Gasteiger partial charge in [-0.05, 0) is 33.4 Å². The molecule has 0 aliphatic carbocycles. The van der Waals surface area contributed by atoms with Crippen molar-refractivity contribution in [2.24, 2.45) is 0 Å². The summed E-state index contributed by atoms with van der Waals surface area (Å²) in [5.74, 6) is 0.0246. The molecule has 22 heavy (non-hydrogen) atoms. The summed E-state index contributed by atoms with van der Waals surface area (Å²) >= 11 is 3.61. The number of hydrogen-bond acceptors (Lipinski definition) is 1. The molecule has 2 aromatic carbocycles. The zero-order valence-electron chi connectivity index (χ0n) is 11.7. The first kappa shape index (κ1) is 13.3. The number of aromatic nitrogens is 1. The molecule has 0 saturated heterocycles. The van der Waals surface area contributed by atoms with E-state index >= 15 is 0 Å². The lowest BCUT2D eigenvalue weighted by atomic mass is 10.1. The summed E-state index contributed by atoms with van der Waals surface area (Å²) in [5.41, 5.74) is 2.39. The third-order valence-corrected chi connectivity index (χ3v) is 4.48. The standard InChI is InChI=1S/C19H12BrNO/c20-16-12-17(19(22)14-7-2-1-3-8-14)21-11-10-13-6-4-5-9-15(13)18(16)21/h1-12H. The smallest absolute Gasteiger partial charge is 0.209 e. The van der Waals surface area contributed by atoms with E-state index in [-0.39, 0.29) is 5.78 Å². The molecule has 2 nitrogen and oxygen atoms in total. The molecule has 2 aromatic heterocycles. The monoisotopic (exact) mass is 349 g/mol. The highest BCUT2D eigenvalue weighted by molar-refractivity contribution is 9.10. The fraction of sp³-hybridized carbons (Fsp3) is 0. The van der Waals surface area contributed by atoms with Crippen LogP contribution in [0.15, 0.2) is 77.4 Å². The molecule has 0 bridgehead atoms. The Hall–Kier alpha value is -2.39. The average molecular weight is 350 g/mol. The molecule has 106 valence electrons. The molecule has 0 spiro atoms. The van der Waals surface area contributed by atoms with E-state index < -0.39 is 0 Å². The van der Waals surface area contributed by atoms with E-state index in [2.05, 4.69) is 28.1 Å². The second-order valence-corrected chi connectivity index (χ2v) is 6.05. The number of fused-ring (bicyclic) bond motifs is 3. The van der Waals surface area contributed by atoms with Crippen LogP contribution in [-0.4, -0.2) is 10.2 Å². The predicted octanol–water partition coefficient (Wildman–Crippen LogP) is 5.09. The highest BCUT2D eigenvalue weighted by Crippen LogP contribution is 2.30. The molecule has 0 aliphatic heterocycles. The van der Waals surface area contributed by atoms with Crippen LogP contribution in [0.25, 0.3) is 16.3 Å². The van der Waals surface area contributed by atoms with Crippen molar-refractivity contribution in [2.45, 2.75) is 0 Å². The summed E-state index contributed by atoms with van der Waals surface area (Å²) in [4.78, 5) is 12.8. The summed E-state index contributed by atoms with van der Waals surface area (Å²) in [6.07, 6.45) is 1.96. The maximum atomic E-state index is 12.8. The number of nitrogens with zero attached hydrogens (tertiary/aromatic N) is 1. The maximum Gasteiger partial charge on any atom is 0.209 e. The van der Waals surface area contributed by atoms with Gasteiger partial charge in [0, 0.05) is 21.6 Å². The second kappa shape index (κ2) is 5.11. The quantitative estimate of drug-likeness (QED) is 0.462. The predicted molar refractivity (Wildman–Crippen MR) is 92.5 cm³/mol. The normalized spacial score (nSPS) is 11.1. The number of ketones is 1. The summed E-state index contributed by atoms with van der Waals surface area (Å²) in [5, 5.41) is 2.29. The van der Waals surface area contributed by atoms with Crippen molar-refractivity contribution in [3.05, 3.63) is 88.7 Å². The summed E-state index contributed by atoms with van der Waals surface area (Å²) < 4.78 is 2.89. The molecule has 0 aliphatic rings. The minimum atomic E-state index is 0.0246. The highest BCUT2D eigenvalue weighted by Gasteiger charge is 2.17. The van der Waals surface area contributed by atoms with Crippen molar-refractivity contribution in [3.8, 4) is 0 Å². The zero-order valence-corrected chi connectivity index (χ0v) is 13.2. The fourth-order valence-electron chi connectivity index (χ4n) is 2.83. The molecule has 0 N–H and O–H groups in total. The van der Waals surface area contributed by atoms with Crippen LogP contribution in [0.1, 0.15) is 16.1 Å². The highest BCUT2D eigenvalue weighted by atomic mass is 79.9. The molecule has 0 amide bonds. The van der Waals surface area contributed by atoms with E-state index in [9.17, 15) is 4.79 Å². The number of rotatable bonds is 2. The third kappa shape index (κ3) is 1.97. The van der Waals surface area contributed by atoms with E-state index in [1.165, 1.54) is 0 Å². The lowest BCUT2D eigenvalue weighted by molar-refractivity contribution is 0.103. The lowest BCUT2D eigenvalue weighted by Gasteiger charge is -2.05. The van der Waals surface area contributed by atoms with Gasteiger partial charge in [0.1, 0.15) is 0 Å². The molecule has 0 radical (unpaired) electrons. The Morgan fingerprint density at radius 2 is 1.64 bits per heavy atom. The van der Waals surface area contributed by atoms with Crippen molar-refractivity contribution < 1.29 is 4.79 Å². The summed E-state index contributed by atoms with van der Waals surface area (Å²) in [6, 6.07) is 21.5. The van der Waals surface area contributed by atoms with Gasteiger partial charge in [-0.1, -0.05) is 54.6 Å². The number of carbonyl (C=O) groups is 1. The molecule has 0 fully saturated rings. The van der Waals surface area contributed by atoms with Gasteiger partial charge >= 0.3 is 0 Å². The summed E-state index contributed by atoms with van der Waals surface area (Å²) in [6.45, 7) is 0. The Morgan fingerprint density at radius 3 is 2.45 bits per heavy atom. The molecular weight excluding hydrogens is 338 g/mol. The SMILES string of the molecule is O=C(c1ccccc1)c1cc(Br)c2c3ccccc3ccn12. The Morgan fingerprint density at radius 1 is 0.909 bits per heavy atom. The molecule has 4 aromatic rings. The van der Waals surface area contributed by atoms with E-state index in [1.54, 1.807) is 0 Å². The largest absolute Gasteiger partial charge is 0.312 e. The topological polar surface area (TPSA) is 21.5 Å². The third-order valence-electron chi connectivity index (χ3n) is 3.88. The van der Waals surface area contributed by atoms with Gasteiger partial charge in [0.15, 0.2) is 0 Å².